The maximum Gasteiger partial charge on any atom is 0.243 e. The van der Waals surface area contributed by atoms with Gasteiger partial charge in [0.05, 0.1) is 4.90 Å². The fourth-order valence-corrected chi connectivity index (χ4v) is 6.52. The molecule has 1 saturated heterocycles. The van der Waals surface area contributed by atoms with E-state index in [2.05, 4.69) is 14.6 Å². The highest BCUT2D eigenvalue weighted by atomic mass is 32.2. The Balaban J connectivity index is 1.43. The van der Waals surface area contributed by atoms with Crippen LogP contribution < -0.4 is 4.90 Å². The number of sulfonamides is 1. The quantitative estimate of drug-likeness (QED) is 0.678. The van der Waals surface area contributed by atoms with Crippen molar-refractivity contribution in [3.05, 3.63) is 34.4 Å². The van der Waals surface area contributed by atoms with Crippen molar-refractivity contribution in [3.8, 4) is 0 Å². The molecule has 7 nitrogen and oxygen atoms in total. The Bertz CT molecular complexity index is 1090. The normalized spacial score (nSPS) is 20.2. The molecule has 2 aliphatic heterocycles. The average molecular weight is 434 g/mol. The molecule has 0 atom stereocenters. The van der Waals surface area contributed by atoms with Gasteiger partial charge in [0, 0.05) is 31.4 Å². The lowest BCUT2D eigenvalue weighted by Gasteiger charge is -2.31. The molecule has 0 bridgehead atoms. The molecular formula is C20H27N5O2S2. The molecule has 156 valence electrons. The topological polar surface area (TPSA) is 63.4 Å². The Morgan fingerprint density at radius 3 is 2.62 bits per heavy atom. The van der Waals surface area contributed by atoms with E-state index in [4.69, 9.17) is 12.2 Å². The standard InChI is InChI=1S/C20H27N5O2S2/c1-15-21-24(20(28)25(15)17-6-7-17)14-22-10-4-5-16-13-18(8-9-19(16)22)29(26,27)23-11-2-3-12-23/h8-9,13,17H,2-7,10-12,14H2,1H3. The molecule has 29 heavy (non-hydrogen) atoms. The van der Waals surface area contributed by atoms with Gasteiger partial charge in [0.1, 0.15) is 12.5 Å². The molecule has 0 N–H and O–H groups in total. The lowest BCUT2D eigenvalue weighted by atomic mass is 10.0. The zero-order valence-electron chi connectivity index (χ0n) is 16.7. The second-order valence-corrected chi connectivity index (χ2v) is 10.6. The van der Waals surface area contributed by atoms with Crippen LogP contribution in [0.15, 0.2) is 23.1 Å². The van der Waals surface area contributed by atoms with Crippen molar-refractivity contribution in [1.82, 2.24) is 18.7 Å². The van der Waals surface area contributed by atoms with Gasteiger partial charge in [0.15, 0.2) is 4.77 Å². The number of anilines is 1. The molecule has 5 rings (SSSR count). The van der Waals surface area contributed by atoms with Crippen LogP contribution in [0.3, 0.4) is 0 Å². The molecule has 2 fully saturated rings. The van der Waals surface area contributed by atoms with E-state index >= 15 is 0 Å². The molecule has 0 amide bonds. The van der Waals surface area contributed by atoms with Crippen molar-refractivity contribution >= 4 is 27.9 Å². The minimum atomic E-state index is -3.38. The third kappa shape index (κ3) is 3.43. The van der Waals surface area contributed by atoms with Gasteiger partial charge in [-0.05, 0) is 81.4 Å². The number of hydrogen-bond acceptors (Lipinski definition) is 5. The highest BCUT2D eigenvalue weighted by Gasteiger charge is 2.30. The van der Waals surface area contributed by atoms with Crippen molar-refractivity contribution in [1.29, 1.82) is 0 Å². The van der Waals surface area contributed by atoms with Crippen molar-refractivity contribution in [3.63, 3.8) is 0 Å². The Hall–Kier alpha value is -1.71. The van der Waals surface area contributed by atoms with Crippen LogP contribution in [-0.2, 0) is 23.1 Å². The summed E-state index contributed by atoms with van der Waals surface area (Å²) in [5.41, 5.74) is 2.19. The van der Waals surface area contributed by atoms with Gasteiger partial charge >= 0.3 is 0 Å². The van der Waals surface area contributed by atoms with Gasteiger partial charge in [0.2, 0.25) is 10.0 Å². The van der Waals surface area contributed by atoms with Crippen LogP contribution in [0.5, 0.6) is 0 Å². The summed E-state index contributed by atoms with van der Waals surface area (Å²) in [6.45, 7) is 4.80. The lowest BCUT2D eigenvalue weighted by Crippen LogP contribution is -2.32. The Morgan fingerprint density at radius 1 is 1.14 bits per heavy atom. The number of nitrogens with zero attached hydrogens (tertiary/aromatic N) is 5. The van der Waals surface area contributed by atoms with Gasteiger partial charge in [0.25, 0.3) is 0 Å². The van der Waals surface area contributed by atoms with E-state index in [0.29, 0.717) is 30.7 Å². The van der Waals surface area contributed by atoms with Gasteiger partial charge in [-0.1, -0.05) is 0 Å². The number of aryl methyl sites for hydroxylation is 2. The molecular weight excluding hydrogens is 406 g/mol. The highest BCUT2D eigenvalue weighted by molar-refractivity contribution is 7.89. The van der Waals surface area contributed by atoms with Gasteiger partial charge in [-0.2, -0.15) is 9.40 Å². The number of rotatable bonds is 5. The predicted octanol–water partition coefficient (Wildman–Crippen LogP) is 3.25. The predicted molar refractivity (Wildman–Crippen MR) is 114 cm³/mol. The van der Waals surface area contributed by atoms with Gasteiger partial charge in [-0.15, -0.1) is 0 Å². The van der Waals surface area contributed by atoms with E-state index in [-0.39, 0.29) is 0 Å². The molecule has 0 unspecified atom stereocenters. The lowest BCUT2D eigenvalue weighted by molar-refractivity contribution is 0.477. The van der Waals surface area contributed by atoms with Crippen LogP contribution in [0.2, 0.25) is 0 Å². The maximum absolute atomic E-state index is 12.9. The molecule has 9 heteroatoms. The van der Waals surface area contributed by atoms with Crippen LogP contribution in [0.1, 0.15) is 49.5 Å². The summed E-state index contributed by atoms with van der Waals surface area (Å²) >= 11 is 5.68. The fourth-order valence-electron chi connectivity index (χ4n) is 4.57. The minimum Gasteiger partial charge on any atom is -0.352 e. The van der Waals surface area contributed by atoms with Crippen LogP contribution in [0.25, 0.3) is 0 Å². The molecule has 1 aromatic heterocycles. The zero-order chi connectivity index (χ0) is 20.2. The summed E-state index contributed by atoms with van der Waals surface area (Å²) < 4.78 is 32.3. The third-order valence-electron chi connectivity index (χ3n) is 6.23. The van der Waals surface area contributed by atoms with Gasteiger partial charge < -0.3 is 9.47 Å². The van der Waals surface area contributed by atoms with Crippen molar-refractivity contribution in [2.45, 2.75) is 63.1 Å². The summed E-state index contributed by atoms with van der Waals surface area (Å²) in [5, 5.41) is 4.68. The molecule has 3 aliphatic rings. The van der Waals surface area contributed by atoms with Crippen LogP contribution in [0.4, 0.5) is 5.69 Å². The first-order valence-electron chi connectivity index (χ1n) is 10.5. The van der Waals surface area contributed by atoms with E-state index in [0.717, 1.165) is 54.1 Å². The van der Waals surface area contributed by atoms with E-state index in [1.54, 1.807) is 10.4 Å². The van der Waals surface area contributed by atoms with E-state index < -0.39 is 10.0 Å². The minimum absolute atomic E-state index is 0.422. The Labute approximate surface area is 177 Å². The first-order chi connectivity index (χ1) is 13.9. The smallest absolute Gasteiger partial charge is 0.243 e. The van der Waals surface area contributed by atoms with E-state index in [9.17, 15) is 8.42 Å². The molecule has 2 aromatic rings. The van der Waals surface area contributed by atoms with Crippen molar-refractivity contribution in [2.75, 3.05) is 24.5 Å². The van der Waals surface area contributed by atoms with Gasteiger partial charge in [-0.3, -0.25) is 0 Å². The molecule has 0 radical (unpaired) electrons. The van der Waals surface area contributed by atoms with Crippen molar-refractivity contribution in [2.24, 2.45) is 0 Å². The van der Waals surface area contributed by atoms with Gasteiger partial charge in [-0.25, -0.2) is 13.1 Å². The first kappa shape index (κ1) is 19.3. The number of benzene rings is 1. The fraction of sp³-hybridized carbons (Fsp3) is 0.600. The highest BCUT2D eigenvalue weighted by Crippen LogP contribution is 2.36. The molecule has 1 aromatic carbocycles. The molecule has 1 aliphatic carbocycles. The summed E-state index contributed by atoms with van der Waals surface area (Å²) in [6, 6.07) is 6.12. The SMILES string of the molecule is Cc1nn(CN2CCCc3cc(S(=O)(=O)N4CCCC4)ccc32)c(=S)n1C1CC1. The summed E-state index contributed by atoms with van der Waals surface area (Å²) in [4.78, 5) is 2.69. The zero-order valence-corrected chi connectivity index (χ0v) is 18.4. The monoisotopic (exact) mass is 433 g/mol. The average Bonchev–Trinajstić information content (AvgIpc) is 3.28. The largest absolute Gasteiger partial charge is 0.352 e. The van der Waals surface area contributed by atoms with Crippen LogP contribution >= 0.6 is 12.2 Å². The Kier molecular flexibility index (Phi) is 4.79. The maximum atomic E-state index is 12.9. The second-order valence-electron chi connectivity index (χ2n) is 8.34. The molecule has 0 spiro atoms. The second kappa shape index (κ2) is 7.21. The summed E-state index contributed by atoms with van der Waals surface area (Å²) in [7, 11) is -3.38. The summed E-state index contributed by atoms with van der Waals surface area (Å²) in [6.07, 6.45) is 6.16. The summed E-state index contributed by atoms with van der Waals surface area (Å²) in [5.74, 6) is 0.974. The van der Waals surface area contributed by atoms with E-state index in [1.807, 2.05) is 23.7 Å². The molecule has 3 heterocycles. The molecule has 1 saturated carbocycles. The van der Waals surface area contributed by atoms with Crippen LogP contribution in [-0.4, -0.2) is 46.7 Å². The number of aromatic nitrogens is 3. The van der Waals surface area contributed by atoms with Crippen molar-refractivity contribution < 1.29 is 8.42 Å². The van der Waals surface area contributed by atoms with Crippen LogP contribution in [0, 0.1) is 11.7 Å². The Morgan fingerprint density at radius 2 is 1.90 bits per heavy atom. The third-order valence-corrected chi connectivity index (χ3v) is 8.53. The number of hydrogen-bond donors (Lipinski definition) is 0. The van der Waals surface area contributed by atoms with E-state index in [1.165, 1.54) is 12.8 Å². The number of fused-ring (bicyclic) bond motifs is 1. The first-order valence-corrected chi connectivity index (χ1v) is 12.3.